The zero-order valence-corrected chi connectivity index (χ0v) is 11.7. The maximum absolute atomic E-state index is 3.98. The Balaban J connectivity index is 0.00000256. The first-order valence-corrected chi connectivity index (χ1v) is 5.85. The summed E-state index contributed by atoms with van der Waals surface area (Å²) < 4.78 is 0. The monoisotopic (exact) mass is 258 g/mol. The van der Waals surface area contributed by atoms with Crippen molar-refractivity contribution in [2.45, 2.75) is 32.9 Å². The fourth-order valence-corrected chi connectivity index (χ4v) is 1.37. The highest BCUT2D eigenvalue weighted by Crippen LogP contribution is 1.95. The molecular formula is C12H23ClN4. The van der Waals surface area contributed by atoms with E-state index < -0.39 is 0 Å². The quantitative estimate of drug-likeness (QED) is 0.757. The molecular weight excluding hydrogens is 236 g/mol. The van der Waals surface area contributed by atoms with Crippen LogP contribution < -0.4 is 5.32 Å². The van der Waals surface area contributed by atoms with Gasteiger partial charge in [0.25, 0.3) is 0 Å². The van der Waals surface area contributed by atoms with Crippen molar-refractivity contribution in [3.63, 3.8) is 0 Å². The maximum Gasteiger partial charge on any atom is 0.115 e. The van der Waals surface area contributed by atoms with Crippen LogP contribution in [0, 0.1) is 0 Å². The summed E-state index contributed by atoms with van der Waals surface area (Å²) in [6, 6.07) is 0.627. The van der Waals surface area contributed by atoms with Crippen LogP contribution in [0.2, 0.25) is 0 Å². The highest BCUT2D eigenvalue weighted by Gasteiger charge is 2.01. The molecule has 0 aromatic carbocycles. The molecule has 17 heavy (non-hydrogen) atoms. The molecule has 0 aliphatic heterocycles. The van der Waals surface area contributed by atoms with Gasteiger partial charge in [-0.05, 0) is 40.4 Å². The molecule has 0 amide bonds. The highest BCUT2D eigenvalue weighted by atomic mass is 35.5. The van der Waals surface area contributed by atoms with Gasteiger partial charge < -0.3 is 10.2 Å². The Labute approximate surface area is 110 Å². The molecule has 1 aromatic heterocycles. The maximum atomic E-state index is 3.98. The third-order valence-electron chi connectivity index (χ3n) is 2.69. The topological polar surface area (TPSA) is 41.0 Å². The molecule has 5 heteroatoms. The Morgan fingerprint density at radius 1 is 1.29 bits per heavy atom. The lowest BCUT2D eigenvalue weighted by Crippen LogP contribution is -2.29. The van der Waals surface area contributed by atoms with E-state index in [0.717, 1.165) is 25.2 Å². The number of halogens is 1. The van der Waals surface area contributed by atoms with E-state index >= 15 is 0 Å². The molecule has 0 bridgehead atoms. The van der Waals surface area contributed by atoms with Gasteiger partial charge in [-0.1, -0.05) is 0 Å². The molecule has 0 spiro atoms. The number of nitrogens with one attached hydrogen (secondary N) is 1. The first-order valence-electron chi connectivity index (χ1n) is 5.85. The summed E-state index contributed by atoms with van der Waals surface area (Å²) in [4.78, 5) is 10.3. The van der Waals surface area contributed by atoms with E-state index in [1.165, 1.54) is 6.42 Å². The second-order valence-electron chi connectivity index (χ2n) is 4.35. The molecule has 98 valence electrons. The highest BCUT2D eigenvalue weighted by molar-refractivity contribution is 5.85. The Morgan fingerprint density at radius 2 is 1.94 bits per heavy atom. The van der Waals surface area contributed by atoms with Crippen molar-refractivity contribution in [3.8, 4) is 0 Å². The number of aromatic nitrogens is 2. The van der Waals surface area contributed by atoms with Crippen molar-refractivity contribution >= 4 is 12.4 Å². The van der Waals surface area contributed by atoms with Gasteiger partial charge in [0.2, 0.25) is 0 Å². The van der Waals surface area contributed by atoms with Crippen LogP contribution >= 0.6 is 12.4 Å². The predicted molar refractivity (Wildman–Crippen MR) is 73.4 cm³/mol. The SMILES string of the molecule is CC(C)N(C)CCCNCc1cncnc1.Cl. The second kappa shape index (κ2) is 9.33. The molecule has 0 radical (unpaired) electrons. The van der Waals surface area contributed by atoms with Crippen molar-refractivity contribution in [3.05, 3.63) is 24.3 Å². The van der Waals surface area contributed by atoms with Crippen LogP contribution in [0.5, 0.6) is 0 Å². The molecule has 0 atom stereocenters. The first kappa shape index (κ1) is 16.3. The minimum Gasteiger partial charge on any atom is -0.313 e. The summed E-state index contributed by atoms with van der Waals surface area (Å²) in [6.07, 6.45) is 6.42. The molecule has 0 fully saturated rings. The van der Waals surface area contributed by atoms with Crippen LogP contribution in [-0.4, -0.2) is 41.0 Å². The van der Waals surface area contributed by atoms with E-state index in [4.69, 9.17) is 0 Å². The average molecular weight is 259 g/mol. The van der Waals surface area contributed by atoms with E-state index in [2.05, 4.69) is 41.1 Å². The molecule has 4 nitrogen and oxygen atoms in total. The van der Waals surface area contributed by atoms with E-state index in [1.54, 1.807) is 6.33 Å². The van der Waals surface area contributed by atoms with Gasteiger partial charge in [0.1, 0.15) is 6.33 Å². The molecule has 1 rings (SSSR count). The molecule has 1 heterocycles. The van der Waals surface area contributed by atoms with Crippen molar-refractivity contribution in [1.82, 2.24) is 20.2 Å². The fraction of sp³-hybridized carbons (Fsp3) is 0.667. The minimum atomic E-state index is 0. The van der Waals surface area contributed by atoms with E-state index in [1.807, 2.05) is 12.4 Å². The van der Waals surface area contributed by atoms with Crippen molar-refractivity contribution in [1.29, 1.82) is 0 Å². The van der Waals surface area contributed by atoms with Gasteiger partial charge in [-0.2, -0.15) is 0 Å². The lowest BCUT2D eigenvalue weighted by Gasteiger charge is -2.20. The van der Waals surface area contributed by atoms with E-state index in [0.29, 0.717) is 6.04 Å². The van der Waals surface area contributed by atoms with Gasteiger partial charge in [0.15, 0.2) is 0 Å². The lowest BCUT2D eigenvalue weighted by molar-refractivity contribution is 0.269. The number of rotatable bonds is 7. The average Bonchev–Trinajstić information content (AvgIpc) is 2.29. The van der Waals surface area contributed by atoms with Crippen LogP contribution in [0.15, 0.2) is 18.7 Å². The lowest BCUT2D eigenvalue weighted by atomic mass is 10.3. The van der Waals surface area contributed by atoms with Crippen LogP contribution in [0.4, 0.5) is 0 Å². The number of hydrogen-bond donors (Lipinski definition) is 1. The minimum absolute atomic E-state index is 0. The zero-order chi connectivity index (χ0) is 11.8. The Morgan fingerprint density at radius 3 is 2.53 bits per heavy atom. The van der Waals surface area contributed by atoms with Crippen LogP contribution in [0.1, 0.15) is 25.8 Å². The largest absolute Gasteiger partial charge is 0.313 e. The van der Waals surface area contributed by atoms with Gasteiger partial charge in [-0.3, -0.25) is 0 Å². The van der Waals surface area contributed by atoms with Crippen molar-refractivity contribution < 1.29 is 0 Å². The molecule has 1 aromatic rings. The van der Waals surface area contributed by atoms with E-state index in [-0.39, 0.29) is 12.4 Å². The number of hydrogen-bond acceptors (Lipinski definition) is 4. The van der Waals surface area contributed by atoms with Gasteiger partial charge in [-0.15, -0.1) is 12.4 Å². The summed E-state index contributed by atoms with van der Waals surface area (Å²) >= 11 is 0. The van der Waals surface area contributed by atoms with Crippen LogP contribution in [-0.2, 0) is 6.54 Å². The van der Waals surface area contributed by atoms with Crippen molar-refractivity contribution in [2.24, 2.45) is 0 Å². The Kier molecular flexibility index (Phi) is 8.94. The summed E-state index contributed by atoms with van der Waals surface area (Å²) in [5.41, 5.74) is 1.14. The molecule has 1 N–H and O–H groups in total. The van der Waals surface area contributed by atoms with Crippen molar-refractivity contribution in [2.75, 3.05) is 20.1 Å². The zero-order valence-electron chi connectivity index (χ0n) is 10.9. The standard InChI is InChI=1S/C12H22N4.ClH/c1-11(2)16(3)6-4-5-13-7-12-8-14-10-15-9-12;/h8-11,13H,4-7H2,1-3H3;1H. The van der Waals surface area contributed by atoms with Gasteiger partial charge >= 0.3 is 0 Å². The third-order valence-corrected chi connectivity index (χ3v) is 2.69. The molecule has 0 aliphatic carbocycles. The van der Waals surface area contributed by atoms with Gasteiger partial charge in [0.05, 0.1) is 0 Å². The fourth-order valence-electron chi connectivity index (χ4n) is 1.37. The van der Waals surface area contributed by atoms with E-state index in [9.17, 15) is 0 Å². The smallest absolute Gasteiger partial charge is 0.115 e. The third kappa shape index (κ3) is 7.26. The Bertz CT molecular complexity index is 279. The molecule has 0 saturated carbocycles. The molecule has 0 unspecified atom stereocenters. The summed E-state index contributed by atoms with van der Waals surface area (Å²) in [5.74, 6) is 0. The van der Waals surface area contributed by atoms with Gasteiger partial charge in [-0.25, -0.2) is 9.97 Å². The van der Waals surface area contributed by atoms with Gasteiger partial charge in [0, 0.05) is 30.5 Å². The molecule has 0 aliphatic rings. The Hall–Kier alpha value is -0.710. The first-order chi connectivity index (χ1) is 7.70. The second-order valence-corrected chi connectivity index (χ2v) is 4.35. The van der Waals surface area contributed by atoms with Crippen LogP contribution in [0.3, 0.4) is 0 Å². The summed E-state index contributed by atoms with van der Waals surface area (Å²) in [5, 5.41) is 3.39. The molecule has 0 saturated heterocycles. The number of nitrogens with zero attached hydrogens (tertiary/aromatic N) is 3. The normalized spacial score (nSPS) is 10.6. The van der Waals surface area contributed by atoms with Crippen LogP contribution in [0.25, 0.3) is 0 Å². The summed E-state index contributed by atoms with van der Waals surface area (Å²) in [6.45, 7) is 7.46. The summed E-state index contributed by atoms with van der Waals surface area (Å²) in [7, 11) is 2.16. The predicted octanol–water partition coefficient (Wildman–Crippen LogP) is 1.72.